The Hall–Kier alpha value is -0.160. The molecule has 0 aliphatic carbocycles. The van der Waals surface area contributed by atoms with Gasteiger partial charge in [-0.25, -0.2) is 0 Å². The molecule has 1 heterocycles. The summed E-state index contributed by atoms with van der Waals surface area (Å²) in [6.45, 7) is 7.62. The second kappa shape index (κ2) is 5.45. The zero-order chi connectivity index (χ0) is 12.2. The summed E-state index contributed by atoms with van der Waals surface area (Å²) in [5, 5.41) is 9.78. The molecular formula is C12H26N2O2. The Balaban J connectivity index is 2.48. The molecule has 0 aromatic heterocycles. The van der Waals surface area contributed by atoms with E-state index in [1.807, 2.05) is 20.9 Å². The third-order valence-electron chi connectivity index (χ3n) is 3.25. The molecular weight excluding hydrogens is 204 g/mol. The van der Waals surface area contributed by atoms with Gasteiger partial charge in [-0.15, -0.1) is 0 Å². The lowest BCUT2D eigenvalue weighted by Crippen LogP contribution is -2.48. The van der Waals surface area contributed by atoms with Crippen molar-refractivity contribution in [1.82, 2.24) is 4.90 Å². The SMILES string of the molecule is CN(CC(C)(C)O)CC1(CN)CCOCC1. The molecule has 4 heteroatoms. The number of ether oxygens (including phenoxy) is 1. The number of likely N-dealkylation sites (N-methyl/N-ethyl adjacent to an activating group) is 1. The van der Waals surface area contributed by atoms with Crippen LogP contribution in [0.4, 0.5) is 0 Å². The first-order valence-electron chi connectivity index (χ1n) is 6.06. The Morgan fingerprint density at radius 1 is 1.38 bits per heavy atom. The molecule has 96 valence electrons. The minimum Gasteiger partial charge on any atom is -0.389 e. The van der Waals surface area contributed by atoms with Gasteiger partial charge in [-0.3, -0.25) is 0 Å². The molecule has 0 bridgehead atoms. The summed E-state index contributed by atoms with van der Waals surface area (Å²) < 4.78 is 5.39. The van der Waals surface area contributed by atoms with E-state index in [-0.39, 0.29) is 5.41 Å². The molecule has 1 aliphatic rings. The van der Waals surface area contributed by atoms with Gasteiger partial charge < -0.3 is 20.5 Å². The van der Waals surface area contributed by atoms with Gasteiger partial charge >= 0.3 is 0 Å². The monoisotopic (exact) mass is 230 g/mol. The lowest BCUT2D eigenvalue weighted by atomic mass is 9.79. The summed E-state index contributed by atoms with van der Waals surface area (Å²) >= 11 is 0. The van der Waals surface area contributed by atoms with E-state index in [2.05, 4.69) is 4.90 Å². The molecule has 0 saturated carbocycles. The number of hydrogen-bond acceptors (Lipinski definition) is 4. The van der Waals surface area contributed by atoms with Crippen LogP contribution in [0.5, 0.6) is 0 Å². The molecule has 4 nitrogen and oxygen atoms in total. The average Bonchev–Trinajstić information content (AvgIpc) is 2.16. The normalized spacial score (nSPS) is 21.4. The van der Waals surface area contributed by atoms with Crippen molar-refractivity contribution in [2.24, 2.45) is 11.1 Å². The lowest BCUT2D eigenvalue weighted by Gasteiger charge is -2.40. The van der Waals surface area contributed by atoms with Crippen LogP contribution in [0.3, 0.4) is 0 Å². The maximum atomic E-state index is 9.78. The second-order valence-electron chi connectivity index (χ2n) is 5.80. The van der Waals surface area contributed by atoms with Gasteiger partial charge in [0.25, 0.3) is 0 Å². The molecule has 1 rings (SSSR count). The van der Waals surface area contributed by atoms with E-state index in [1.165, 1.54) is 0 Å². The lowest BCUT2D eigenvalue weighted by molar-refractivity contribution is -0.0138. The Morgan fingerprint density at radius 2 is 1.94 bits per heavy atom. The molecule has 0 amide bonds. The molecule has 3 N–H and O–H groups in total. The fourth-order valence-corrected chi connectivity index (χ4v) is 2.52. The van der Waals surface area contributed by atoms with Crippen molar-refractivity contribution >= 4 is 0 Å². The van der Waals surface area contributed by atoms with Crippen LogP contribution in [0.1, 0.15) is 26.7 Å². The van der Waals surface area contributed by atoms with Crippen molar-refractivity contribution in [1.29, 1.82) is 0 Å². The predicted molar refractivity (Wildman–Crippen MR) is 65.3 cm³/mol. The number of aliphatic hydroxyl groups is 1. The summed E-state index contributed by atoms with van der Waals surface area (Å²) in [5.41, 5.74) is 5.44. The quantitative estimate of drug-likeness (QED) is 0.720. The molecule has 16 heavy (non-hydrogen) atoms. The van der Waals surface area contributed by atoms with Crippen LogP contribution < -0.4 is 5.73 Å². The van der Waals surface area contributed by atoms with Gasteiger partial charge in [0.1, 0.15) is 0 Å². The van der Waals surface area contributed by atoms with Gasteiger partial charge in [-0.2, -0.15) is 0 Å². The van der Waals surface area contributed by atoms with Gasteiger partial charge in [0.05, 0.1) is 5.60 Å². The molecule has 1 aliphatic heterocycles. The van der Waals surface area contributed by atoms with Crippen molar-refractivity contribution in [3.05, 3.63) is 0 Å². The number of nitrogens with two attached hydrogens (primary N) is 1. The highest BCUT2D eigenvalue weighted by atomic mass is 16.5. The van der Waals surface area contributed by atoms with Crippen LogP contribution in [-0.4, -0.2) is 55.5 Å². The maximum Gasteiger partial charge on any atom is 0.0718 e. The summed E-state index contributed by atoms with van der Waals surface area (Å²) in [5.74, 6) is 0. The van der Waals surface area contributed by atoms with Gasteiger partial charge in [-0.05, 0) is 45.7 Å². The summed E-state index contributed by atoms with van der Waals surface area (Å²) in [7, 11) is 2.05. The van der Waals surface area contributed by atoms with Crippen molar-refractivity contribution in [2.45, 2.75) is 32.3 Å². The van der Waals surface area contributed by atoms with E-state index in [1.54, 1.807) is 0 Å². The van der Waals surface area contributed by atoms with Gasteiger partial charge in [0, 0.05) is 26.3 Å². The summed E-state index contributed by atoms with van der Waals surface area (Å²) in [4.78, 5) is 2.18. The summed E-state index contributed by atoms with van der Waals surface area (Å²) in [6, 6.07) is 0. The van der Waals surface area contributed by atoms with Crippen molar-refractivity contribution in [3.8, 4) is 0 Å². The van der Waals surface area contributed by atoms with E-state index < -0.39 is 5.60 Å². The van der Waals surface area contributed by atoms with Crippen LogP contribution in [0.15, 0.2) is 0 Å². The minimum atomic E-state index is -0.643. The van der Waals surface area contributed by atoms with E-state index in [4.69, 9.17) is 10.5 Å². The Morgan fingerprint density at radius 3 is 2.38 bits per heavy atom. The van der Waals surface area contributed by atoms with Gasteiger partial charge in [-0.1, -0.05) is 0 Å². The van der Waals surface area contributed by atoms with Crippen LogP contribution in [0.25, 0.3) is 0 Å². The van der Waals surface area contributed by atoms with Crippen LogP contribution in [0, 0.1) is 5.41 Å². The molecule has 0 unspecified atom stereocenters. The molecule has 0 spiro atoms. The molecule has 0 aromatic carbocycles. The predicted octanol–water partition coefficient (Wildman–Crippen LogP) is 0.445. The first kappa shape index (κ1) is 13.9. The van der Waals surface area contributed by atoms with E-state index in [9.17, 15) is 5.11 Å². The standard InChI is InChI=1S/C12H26N2O2/c1-11(2,15)9-14(3)10-12(8-13)4-6-16-7-5-12/h15H,4-10,13H2,1-3H3. The first-order chi connectivity index (χ1) is 7.37. The van der Waals surface area contributed by atoms with Crippen molar-refractivity contribution in [3.63, 3.8) is 0 Å². The topological polar surface area (TPSA) is 58.7 Å². The van der Waals surface area contributed by atoms with Crippen LogP contribution in [0.2, 0.25) is 0 Å². The zero-order valence-corrected chi connectivity index (χ0v) is 10.8. The summed E-state index contributed by atoms with van der Waals surface area (Å²) in [6.07, 6.45) is 2.05. The highest BCUT2D eigenvalue weighted by molar-refractivity contribution is 4.86. The second-order valence-corrected chi connectivity index (χ2v) is 5.80. The zero-order valence-electron chi connectivity index (χ0n) is 10.8. The first-order valence-corrected chi connectivity index (χ1v) is 6.06. The average molecular weight is 230 g/mol. The van der Waals surface area contributed by atoms with Crippen LogP contribution >= 0.6 is 0 Å². The number of hydrogen-bond donors (Lipinski definition) is 2. The van der Waals surface area contributed by atoms with Gasteiger partial charge in [0.15, 0.2) is 0 Å². The van der Waals surface area contributed by atoms with Crippen molar-refractivity contribution < 1.29 is 9.84 Å². The Bertz CT molecular complexity index is 208. The number of nitrogens with zero attached hydrogens (tertiary/aromatic N) is 1. The van der Waals surface area contributed by atoms with E-state index in [0.29, 0.717) is 13.1 Å². The van der Waals surface area contributed by atoms with Crippen LogP contribution in [-0.2, 0) is 4.74 Å². The molecule has 1 saturated heterocycles. The Kier molecular flexibility index (Phi) is 4.73. The van der Waals surface area contributed by atoms with E-state index in [0.717, 1.165) is 32.6 Å². The highest BCUT2D eigenvalue weighted by Gasteiger charge is 2.33. The van der Waals surface area contributed by atoms with E-state index >= 15 is 0 Å². The third kappa shape index (κ3) is 4.37. The number of rotatable bonds is 5. The molecule has 0 radical (unpaired) electrons. The minimum absolute atomic E-state index is 0.179. The fraction of sp³-hybridized carbons (Fsp3) is 1.00. The largest absolute Gasteiger partial charge is 0.389 e. The molecule has 0 aromatic rings. The third-order valence-corrected chi connectivity index (χ3v) is 3.25. The maximum absolute atomic E-state index is 9.78. The molecule has 1 fully saturated rings. The van der Waals surface area contributed by atoms with Gasteiger partial charge in [0.2, 0.25) is 0 Å². The smallest absolute Gasteiger partial charge is 0.0718 e. The Labute approximate surface area is 98.8 Å². The fourth-order valence-electron chi connectivity index (χ4n) is 2.52. The highest BCUT2D eigenvalue weighted by Crippen LogP contribution is 2.30. The molecule has 0 atom stereocenters. The van der Waals surface area contributed by atoms with Crippen molar-refractivity contribution in [2.75, 3.05) is 39.9 Å².